The summed E-state index contributed by atoms with van der Waals surface area (Å²) >= 11 is 3.78. The Balaban J connectivity index is 0.955. The topological polar surface area (TPSA) is 9.86 Å². The first-order valence-electron chi connectivity index (χ1n) is 25.4. The minimum Gasteiger partial charge on any atom is -0.309 e. The van der Waals surface area contributed by atoms with Gasteiger partial charge < -0.3 is 9.13 Å². The van der Waals surface area contributed by atoms with Crippen molar-refractivity contribution in [1.82, 2.24) is 9.13 Å². The van der Waals surface area contributed by atoms with Gasteiger partial charge in [-0.1, -0.05) is 170 Å². The molecular formula is C70H40N2S2. The van der Waals surface area contributed by atoms with Gasteiger partial charge in [-0.3, -0.25) is 0 Å². The van der Waals surface area contributed by atoms with E-state index < -0.39 is 0 Å². The fourth-order valence-electron chi connectivity index (χ4n) is 13.0. The van der Waals surface area contributed by atoms with E-state index >= 15 is 0 Å². The Kier molecular flexibility index (Phi) is 8.34. The molecule has 342 valence electrons. The van der Waals surface area contributed by atoms with Gasteiger partial charge in [-0.05, 0) is 127 Å². The van der Waals surface area contributed by atoms with Crippen LogP contribution in [0.4, 0.5) is 0 Å². The van der Waals surface area contributed by atoms with Gasteiger partial charge in [0, 0.05) is 72.7 Å². The molecule has 0 saturated heterocycles. The van der Waals surface area contributed by atoms with Gasteiger partial charge in [-0.2, -0.15) is 0 Å². The zero-order chi connectivity index (χ0) is 48.2. The zero-order valence-electron chi connectivity index (χ0n) is 39.8. The van der Waals surface area contributed by atoms with E-state index in [0.29, 0.717) is 0 Å². The van der Waals surface area contributed by atoms with Crippen molar-refractivity contribution in [3.05, 3.63) is 243 Å². The summed E-state index contributed by atoms with van der Waals surface area (Å²) in [5, 5.41) is 20.3. The number of fused-ring (bicyclic) bond motifs is 18. The van der Waals surface area contributed by atoms with Crippen LogP contribution in [0, 0.1) is 0 Å². The van der Waals surface area contributed by atoms with Crippen LogP contribution in [0.2, 0.25) is 0 Å². The fourth-order valence-corrected chi connectivity index (χ4v) is 15.3. The fraction of sp³-hybridized carbons (Fsp3) is 0. The Bertz CT molecular complexity index is 4880. The number of nitrogens with zero attached hydrogens (tertiary/aromatic N) is 2. The van der Waals surface area contributed by atoms with E-state index in [-0.39, 0.29) is 0 Å². The molecule has 13 aromatic carbocycles. The molecule has 4 heteroatoms. The Morgan fingerprint density at radius 3 is 1.01 bits per heavy atom. The third-order valence-corrected chi connectivity index (χ3v) is 18.3. The standard InChI is InChI=1S/C70H40N2S2/c1-3-19-45-41(15-1)17-13-27-55(45)71-57-33-31-43(39-53(57)67-59(71)35-37-63-69(67)51-25-9-11-29-61(51)73-63)65-47-21-5-7-23-49(47)66(50-24-8-6-22-48(50)65)44-32-34-58-54(40-44)68-60(36-38-64-70(68)52-26-10-12-30-62(52)74-64)72(58)56-28-14-18-42-16-2-4-20-46(42)56/h1-40H. The molecule has 0 bridgehead atoms. The predicted molar refractivity (Wildman–Crippen MR) is 322 cm³/mol. The van der Waals surface area contributed by atoms with Crippen molar-refractivity contribution in [2.24, 2.45) is 0 Å². The molecule has 0 saturated carbocycles. The third kappa shape index (κ3) is 5.53. The van der Waals surface area contributed by atoms with Crippen LogP contribution < -0.4 is 0 Å². The summed E-state index contributed by atoms with van der Waals surface area (Å²) in [5.74, 6) is 0. The molecule has 17 rings (SSSR count). The van der Waals surface area contributed by atoms with Crippen LogP contribution in [0.25, 0.3) is 161 Å². The maximum Gasteiger partial charge on any atom is 0.0548 e. The highest BCUT2D eigenvalue weighted by atomic mass is 32.1. The molecule has 0 radical (unpaired) electrons. The van der Waals surface area contributed by atoms with Crippen molar-refractivity contribution in [2.75, 3.05) is 0 Å². The molecule has 17 aromatic rings. The van der Waals surface area contributed by atoms with Gasteiger partial charge in [-0.15, -0.1) is 22.7 Å². The summed E-state index contributed by atoms with van der Waals surface area (Å²) in [6.45, 7) is 0. The average molecular weight is 973 g/mol. The van der Waals surface area contributed by atoms with Crippen molar-refractivity contribution >= 4 is 150 Å². The van der Waals surface area contributed by atoms with Crippen LogP contribution in [0.1, 0.15) is 0 Å². The van der Waals surface area contributed by atoms with E-state index in [1.54, 1.807) is 0 Å². The number of hydrogen-bond donors (Lipinski definition) is 0. The molecule has 0 amide bonds. The minimum atomic E-state index is 1.19. The molecule has 0 unspecified atom stereocenters. The molecule has 0 aliphatic heterocycles. The lowest BCUT2D eigenvalue weighted by Crippen LogP contribution is -1.95. The quantitative estimate of drug-likeness (QED) is 0.156. The van der Waals surface area contributed by atoms with Crippen LogP contribution in [-0.4, -0.2) is 9.13 Å². The Morgan fingerprint density at radius 1 is 0.230 bits per heavy atom. The number of aromatic nitrogens is 2. The van der Waals surface area contributed by atoms with E-state index in [1.807, 2.05) is 22.7 Å². The van der Waals surface area contributed by atoms with Gasteiger partial charge in [0.05, 0.1) is 33.4 Å². The van der Waals surface area contributed by atoms with Crippen LogP contribution in [0.3, 0.4) is 0 Å². The van der Waals surface area contributed by atoms with Crippen LogP contribution >= 0.6 is 22.7 Å². The Hall–Kier alpha value is -9.06. The molecule has 0 aliphatic carbocycles. The summed E-state index contributed by atoms with van der Waals surface area (Å²) in [6, 6.07) is 91.1. The van der Waals surface area contributed by atoms with E-state index in [4.69, 9.17) is 0 Å². The monoisotopic (exact) mass is 972 g/mol. The summed E-state index contributed by atoms with van der Waals surface area (Å²) in [5.41, 5.74) is 12.2. The van der Waals surface area contributed by atoms with Crippen molar-refractivity contribution in [3.8, 4) is 33.6 Å². The van der Waals surface area contributed by atoms with E-state index in [9.17, 15) is 0 Å². The smallest absolute Gasteiger partial charge is 0.0548 e. The van der Waals surface area contributed by atoms with Gasteiger partial charge in [-0.25, -0.2) is 0 Å². The normalized spacial score (nSPS) is 12.3. The molecule has 4 aromatic heterocycles. The van der Waals surface area contributed by atoms with Gasteiger partial charge in [0.1, 0.15) is 0 Å². The molecule has 0 atom stereocenters. The van der Waals surface area contributed by atoms with Crippen molar-refractivity contribution in [1.29, 1.82) is 0 Å². The third-order valence-electron chi connectivity index (χ3n) is 16.1. The van der Waals surface area contributed by atoms with E-state index in [2.05, 4.69) is 252 Å². The Morgan fingerprint density at radius 2 is 0.581 bits per heavy atom. The lowest BCUT2D eigenvalue weighted by atomic mass is 9.85. The first kappa shape index (κ1) is 40.5. The number of rotatable bonds is 4. The zero-order valence-corrected chi connectivity index (χ0v) is 41.4. The van der Waals surface area contributed by atoms with Crippen LogP contribution in [-0.2, 0) is 0 Å². The lowest BCUT2D eigenvalue weighted by molar-refractivity contribution is 1.20. The van der Waals surface area contributed by atoms with Gasteiger partial charge in [0.15, 0.2) is 0 Å². The van der Waals surface area contributed by atoms with Crippen LogP contribution in [0.5, 0.6) is 0 Å². The van der Waals surface area contributed by atoms with Gasteiger partial charge >= 0.3 is 0 Å². The number of hydrogen-bond acceptors (Lipinski definition) is 2. The molecule has 0 N–H and O–H groups in total. The molecule has 4 heterocycles. The summed E-state index contributed by atoms with van der Waals surface area (Å²) in [4.78, 5) is 0. The first-order valence-corrected chi connectivity index (χ1v) is 27.0. The first-order chi connectivity index (χ1) is 36.7. The van der Waals surface area contributed by atoms with E-state index in [1.165, 1.54) is 161 Å². The lowest BCUT2D eigenvalue weighted by Gasteiger charge is -2.18. The van der Waals surface area contributed by atoms with Crippen LogP contribution in [0.15, 0.2) is 243 Å². The number of thiophene rings is 2. The highest BCUT2D eigenvalue weighted by molar-refractivity contribution is 7.26. The van der Waals surface area contributed by atoms with Crippen molar-refractivity contribution < 1.29 is 0 Å². The molecular weight excluding hydrogens is 933 g/mol. The maximum atomic E-state index is 2.52. The molecule has 0 aliphatic rings. The van der Waals surface area contributed by atoms with Crippen molar-refractivity contribution in [3.63, 3.8) is 0 Å². The van der Waals surface area contributed by atoms with Gasteiger partial charge in [0.2, 0.25) is 0 Å². The number of benzene rings is 13. The SMILES string of the molecule is c1ccc2c(-n3c4ccc(-c5c6ccccc6c(-c6ccc7c(c6)c6c8c(ccc6n7-c6cccc7ccccc67)sc6ccccc68)c6ccccc56)cc4c4c5c(ccc43)sc3ccccc35)cccc2c1. The maximum absolute atomic E-state index is 2.52. The Labute approximate surface area is 432 Å². The van der Waals surface area contributed by atoms with Gasteiger partial charge in [0.25, 0.3) is 0 Å². The average Bonchev–Trinajstić information content (AvgIpc) is 4.22. The second-order valence-electron chi connectivity index (χ2n) is 19.8. The summed E-state index contributed by atoms with van der Waals surface area (Å²) < 4.78 is 10.3. The molecule has 2 nitrogen and oxygen atoms in total. The largest absolute Gasteiger partial charge is 0.309 e. The predicted octanol–water partition coefficient (Wildman–Crippen LogP) is 20.6. The second kappa shape index (κ2) is 15.2. The molecule has 0 spiro atoms. The second-order valence-corrected chi connectivity index (χ2v) is 22.0. The van der Waals surface area contributed by atoms with E-state index in [0.717, 1.165) is 0 Å². The molecule has 0 fully saturated rings. The highest BCUT2D eigenvalue weighted by Crippen LogP contribution is 2.50. The highest BCUT2D eigenvalue weighted by Gasteiger charge is 2.24. The van der Waals surface area contributed by atoms with Crippen molar-refractivity contribution in [2.45, 2.75) is 0 Å². The molecule has 74 heavy (non-hydrogen) atoms. The minimum absolute atomic E-state index is 1.19. The summed E-state index contributed by atoms with van der Waals surface area (Å²) in [6.07, 6.45) is 0. The summed E-state index contributed by atoms with van der Waals surface area (Å²) in [7, 11) is 0.